The number of likely N-dealkylation sites (N-methyl/N-ethyl adjacent to an activating group) is 1. The highest BCUT2D eigenvalue weighted by Gasteiger charge is 2.34. The lowest BCUT2D eigenvalue weighted by Crippen LogP contribution is -2.49. The first-order chi connectivity index (χ1) is 15.1. The quantitative estimate of drug-likeness (QED) is 0.804. The molecule has 1 fully saturated rings. The monoisotopic (exact) mass is 425 g/mol. The Kier molecular flexibility index (Phi) is 5.35. The zero-order chi connectivity index (χ0) is 21.4. The Balaban J connectivity index is 1.32. The third-order valence-electron chi connectivity index (χ3n) is 6.50. The van der Waals surface area contributed by atoms with Crippen LogP contribution in [0.25, 0.3) is 0 Å². The second kappa shape index (κ2) is 8.30. The van der Waals surface area contributed by atoms with Gasteiger partial charge in [0.1, 0.15) is 24.2 Å². The van der Waals surface area contributed by atoms with Crippen molar-refractivity contribution in [2.24, 2.45) is 5.92 Å². The average Bonchev–Trinajstić information content (AvgIpc) is 3.22. The van der Waals surface area contributed by atoms with Crippen molar-refractivity contribution in [1.29, 1.82) is 0 Å². The van der Waals surface area contributed by atoms with Crippen molar-refractivity contribution in [3.8, 4) is 5.75 Å². The van der Waals surface area contributed by atoms with Crippen molar-refractivity contribution in [3.05, 3.63) is 35.9 Å². The Morgan fingerprint density at radius 2 is 2.00 bits per heavy atom. The number of amides is 2. The number of carbonyl (C=O) groups is 2. The van der Waals surface area contributed by atoms with Crippen molar-refractivity contribution < 1.29 is 19.1 Å². The van der Waals surface area contributed by atoms with Crippen molar-refractivity contribution in [2.75, 3.05) is 31.8 Å². The highest BCUT2D eigenvalue weighted by molar-refractivity contribution is 6.02. The van der Waals surface area contributed by atoms with E-state index >= 15 is 0 Å². The third-order valence-corrected chi connectivity index (χ3v) is 6.50. The van der Waals surface area contributed by atoms with E-state index in [0.29, 0.717) is 17.4 Å². The molecule has 5 rings (SSSR count). The van der Waals surface area contributed by atoms with Gasteiger partial charge in [0.25, 0.3) is 11.8 Å². The number of nitrogens with one attached hydrogen (secondary N) is 1. The van der Waals surface area contributed by atoms with Crippen LogP contribution in [0.5, 0.6) is 5.75 Å². The third kappa shape index (κ3) is 3.78. The number of rotatable bonds is 3. The van der Waals surface area contributed by atoms with E-state index in [1.54, 1.807) is 7.05 Å². The van der Waals surface area contributed by atoms with E-state index < -0.39 is 11.9 Å². The Morgan fingerprint density at radius 3 is 2.84 bits per heavy atom. The summed E-state index contributed by atoms with van der Waals surface area (Å²) in [4.78, 5) is 31.9. The molecule has 2 amide bonds. The van der Waals surface area contributed by atoms with Gasteiger partial charge in [-0.05, 0) is 43.7 Å². The van der Waals surface area contributed by atoms with Crippen LogP contribution >= 0.6 is 0 Å². The van der Waals surface area contributed by atoms with Crippen LogP contribution in [0.15, 0.2) is 24.3 Å². The molecular formula is C22H27N5O4. The van der Waals surface area contributed by atoms with Crippen LogP contribution in [-0.2, 0) is 16.0 Å². The topological polar surface area (TPSA) is 98.6 Å². The molecule has 4 heterocycles. The van der Waals surface area contributed by atoms with Crippen LogP contribution in [-0.4, -0.2) is 59.5 Å². The normalized spacial score (nSPS) is 24.0. The smallest absolute Gasteiger partial charge is 0.291 e. The van der Waals surface area contributed by atoms with Crippen molar-refractivity contribution in [3.63, 3.8) is 0 Å². The van der Waals surface area contributed by atoms with Crippen molar-refractivity contribution in [2.45, 2.75) is 44.2 Å². The molecule has 2 atom stereocenters. The summed E-state index contributed by atoms with van der Waals surface area (Å²) in [5, 5.41) is 7.35. The molecule has 2 aromatic rings. The molecule has 9 nitrogen and oxygen atoms in total. The van der Waals surface area contributed by atoms with E-state index in [0.717, 1.165) is 51.1 Å². The first-order valence-electron chi connectivity index (χ1n) is 11.0. The second-order valence-electron chi connectivity index (χ2n) is 8.41. The zero-order valence-electron chi connectivity index (χ0n) is 17.6. The van der Waals surface area contributed by atoms with E-state index in [1.807, 2.05) is 28.9 Å². The summed E-state index contributed by atoms with van der Waals surface area (Å²) in [6, 6.07) is 6.77. The number of anilines is 1. The maximum absolute atomic E-state index is 13.0. The number of benzene rings is 1. The van der Waals surface area contributed by atoms with Crippen molar-refractivity contribution >= 4 is 17.5 Å². The maximum Gasteiger partial charge on any atom is 0.291 e. The first-order valence-corrected chi connectivity index (χ1v) is 11.0. The molecule has 31 heavy (non-hydrogen) atoms. The molecule has 1 aromatic carbocycles. The highest BCUT2D eigenvalue weighted by Crippen LogP contribution is 2.35. The van der Waals surface area contributed by atoms with Crippen LogP contribution in [0.2, 0.25) is 0 Å². The number of para-hydroxylation sites is 2. The molecular weight excluding hydrogens is 398 g/mol. The summed E-state index contributed by atoms with van der Waals surface area (Å²) in [5.41, 5.74) is 0.680. The van der Waals surface area contributed by atoms with Gasteiger partial charge in [0.2, 0.25) is 5.82 Å². The molecule has 1 saturated heterocycles. The number of ether oxygens (including phenoxy) is 2. The maximum atomic E-state index is 13.0. The van der Waals surface area contributed by atoms with Crippen LogP contribution in [0.3, 0.4) is 0 Å². The van der Waals surface area contributed by atoms with E-state index in [1.165, 1.54) is 4.90 Å². The van der Waals surface area contributed by atoms with E-state index in [9.17, 15) is 9.59 Å². The van der Waals surface area contributed by atoms with Gasteiger partial charge in [-0.2, -0.15) is 0 Å². The van der Waals surface area contributed by atoms with Gasteiger partial charge in [0, 0.05) is 26.7 Å². The summed E-state index contributed by atoms with van der Waals surface area (Å²) >= 11 is 0. The number of fused-ring (bicyclic) bond motifs is 2. The number of carbonyl (C=O) groups excluding carboxylic acids is 2. The number of hydrogen-bond acceptors (Lipinski definition) is 6. The molecule has 3 aliphatic rings. The number of nitrogens with zero attached hydrogens (tertiary/aromatic N) is 4. The fourth-order valence-electron chi connectivity index (χ4n) is 4.79. The number of aromatic nitrogens is 3. The highest BCUT2D eigenvalue weighted by atomic mass is 16.5. The van der Waals surface area contributed by atoms with Gasteiger partial charge in [-0.25, -0.2) is 9.67 Å². The summed E-state index contributed by atoms with van der Waals surface area (Å²) < 4.78 is 13.2. The molecule has 9 heteroatoms. The molecule has 0 radical (unpaired) electrons. The molecule has 1 N–H and O–H groups in total. The predicted octanol–water partition coefficient (Wildman–Crippen LogP) is 1.74. The standard InChI is InChI=1S/C22H27N5O4/c1-26-17-5-2-3-7-18(17)31-13-15(22(26)29)23-21(28)20-24-19-8-4-6-16(27(19)25-20)14-9-11-30-12-10-14/h2-3,5,7,14-16H,4,6,8-13H2,1H3,(H,23,28)/t15-,16?/m0/s1. The molecule has 0 saturated carbocycles. The Labute approximate surface area is 180 Å². The van der Waals surface area contributed by atoms with E-state index in [-0.39, 0.29) is 24.4 Å². The zero-order valence-corrected chi connectivity index (χ0v) is 17.6. The Hall–Kier alpha value is -2.94. The summed E-state index contributed by atoms with van der Waals surface area (Å²) in [6.07, 6.45) is 4.90. The van der Waals surface area contributed by atoms with Crippen LogP contribution in [0, 0.1) is 5.92 Å². The lowest BCUT2D eigenvalue weighted by Gasteiger charge is -2.33. The van der Waals surface area contributed by atoms with Crippen LogP contribution in [0.1, 0.15) is 48.2 Å². The predicted molar refractivity (Wildman–Crippen MR) is 112 cm³/mol. The van der Waals surface area contributed by atoms with Gasteiger partial charge in [-0.3, -0.25) is 9.59 Å². The molecule has 3 aliphatic heterocycles. The molecule has 0 bridgehead atoms. The van der Waals surface area contributed by atoms with Gasteiger partial charge < -0.3 is 19.7 Å². The van der Waals surface area contributed by atoms with Crippen LogP contribution < -0.4 is 15.0 Å². The van der Waals surface area contributed by atoms with Gasteiger partial charge in [-0.1, -0.05) is 12.1 Å². The fourth-order valence-corrected chi connectivity index (χ4v) is 4.79. The van der Waals surface area contributed by atoms with Crippen LogP contribution in [0.4, 0.5) is 5.69 Å². The van der Waals surface area contributed by atoms with Gasteiger partial charge >= 0.3 is 0 Å². The summed E-state index contributed by atoms with van der Waals surface area (Å²) in [5.74, 6) is 1.39. The molecule has 0 spiro atoms. The minimum Gasteiger partial charge on any atom is -0.489 e. The van der Waals surface area contributed by atoms with Gasteiger partial charge in [0.05, 0.1) is 11.7 Å². The lowest BCUT2D eigenvalue weighted by molar-refractivity contribution is -0.120. The number of aryl methyl sites for hydroxylation is 1. The molecule has 1 aromatic heterocycles. The first kappa shape index (κ1) is 20.0. The van der Waals surface area contributed by atoms with Crippen molar-refractivity contribution in [1.82, 2.24) is 20.1 Å². The molecule has 1 unspecified atom stereocenters. The van der Waals surface area contributed by atoms with Gasteiger partial charge in [-0.15, -0.1) is 5.10 Å². The van der Waals surface area contributed by atoms with E-state index in [4.69, 9.17) is 9.47 Å². The SMILES string of the molecule is CN1C(=O)[C@@H](NC(=O)c2nc3n(n2)C(C2CCOCC2)CCC3)COc2ccccc21. The summed E-state index contributed by atoms with van der Waals surface area (Å²) in [6.45, 7) is 1.61. The minimum atomic E-state index is -0.809. The lowest BCUT2D eigenvalue weighted by atomic mass is 9.87. The average molecular weight is 425 g/mol. The number of hydrogen-bond donors (Lipinski definition) is 1. The largest absolute Gasteiger partial charge is 0.489 e. The summed E-state index contributed by atoms with van der Waals surface area (Å²) in [7, 11) is 1.68. The molecule has 164 valence electrons. The fraction of sp³-hybridized carbons (Fsp3) is 0.545. The minimum absolute atomic E-state index is 0.0597. The second-order valence-corrected chi connectivity index (χ2v) is 8.41. The van der Waals surface area contributed by atoms with E-state index in [2.05, 4.69) is 15.4 Å². The van der Waals surface area contributed by atoms with Gasteiger partial charge in [0.15, 0.2) is 0 Å². The Bertz CT molecular complexity index is 984. The molecule has 0 aliphatic carbocycles. The Morgan fingerprint density at radius 1 is 1.19 bits per heavy atom.